The molecule has 0 saturated carbocycles. The number of nitrogens with zero attached hydrogens (tertiary/aromatic N) is 3. The first-order chi connectivity index (χ1) is 10.6. The summed E-state index contributed by atoms with van der Waals surface area (Å²) in [6.07, 6.45) is 0. The molecule has 1 aliphatic rings. The fourth-order valence-electron chi connectivity index (χ4n) is 3.13. The Labute approximate surface area is 133 Å². The van der Waals surface area contributed by atoms with Gasteiger partial charge in [0.2, 0.25) is 0 Å². The standard InChI is InChI=1S/C17H25N3O2/c1-5-19-8-9-20(12-13(19)2)16(11-18)15-10-14(21-3)6-7-17(15)22-4/h6-7,10,13,16H,5,8-9,12H2,1-4H3. The molecule has 0 aromatic heterocycles. The lowest BCUT2D eigenvalue weighted by Crippen LogP contribution is -2.52. The number of nitriles is 1. The minimum absolute atomic E-state index is 0.313. The number of likely N-dealkylation sites (N-methyl/N-ethyl adjacent to an activating group) is 1. The van der Waals surface area contributed by atoms with Gasteiger partial charge in [-0.15, -0.1) is 0 Å². The van der Waals surface area contributed by atoms with Gasteiger partial charge in [0.1, 0.15) is 17.5 Å². The van der Waals surface area contributed by atoms with E-state index in [9.17, 15) is 5.26 Å². The molecule has 2 unspecified atom stereocenters. The van der Waals surface area contributed by atoms with Crippen molar-refractivity contribution in [3.63, 3.8) is 0 Å². The highest BCUT2D eigenvalue weighted by Crippen LogP contribution is 2.33. The van der Waals surface area contributed by atoms with Crippen molar-refractivity contribution in [3.8, 4) is 17.6 Å². The highest BCUT2D eigenvalue weighted by atomic mass is 16.5. The van der Waals surface area contributed by atoms with E-state index >= 15 is 0 Å². The van der Waals surface area contributed by atoms with Gasteiger partial charge in [-0.1, -0.05) is 6.92 Å². The number of benzene rings is 1. The van der Waals surface area contributed by atoms with Gasteiger partial charge in [0.25, 0.3) is 0 Å². The predicted octanol–water partition coefficient (Wildman–Crippen LogP) is 2.29. The Hall–Kier alpha value is -1.77. The maximum atomic E-state index is 9.72. The molecular weight excluding hydrogens is 278 g/mol. The van der Waals surface area contributed by atoms with E-state index in [1.807, 2.05) is 18.2 Å². The van der Waals surface area contributed by atoms with Crippen molar-refractivity contribution in [3.05, 3.63) is 23.8 Å². The van der Waals surface area contributed by atoms with Gasteiger partial charge in [-0.2, -0.15) is 5.26 Å². The van der Waals surface area contributed by atoms with E-state index in [0.717, 1.165) is 43.2 Å². The van der Waals surface area contributed by atoms with Crippen LogP contribution in [0.5, 0.6) is 11.5 Å². The van der Waals surface area contributed by atoms with E-state index in [1.54, 1.807) is 14.2 Å². The van der Waals surface area contributed by atoms with Gasteiger partial charge in [0.15, 0.2) is 0 Å². The molecule has 0 radical (unpaired) electrons. The Bertz CT molecular complexity index is 541. The molecule has 1 aliphatic heterocycles. The Balaban J connectivity index is 2.27. The summed E-state index contributed by atoms with van der Waals surface area (Å²) >= 11 is 0. The molecule has 22 heavy (non-hydrogen) atoms. The van der Waals surface area contributed by atoms with Gasteiger partial charge in [-0.05, 0) is 31.7 Å². The predicted molar refractivity (Wildman–Crippen MR) is 86.2 cm³/mol. The first kappa shape index (κ1) is 16.6. The smallest absolute Gasteiger partial charge is 0.127 e. The summed E-state index contributed by atoms with van der Waals surface area (Å²) < 4.78 is 10.7. The van der Waals surface area contributed by atoms with Crippen LogP contribution in [0.25, 0.3) is 0 Å². The number of methoxy groups -OCH3 is 2. The van der Waals surface area contributed by atoms with Crippen molar-refractivity contribution in [1.82, 2.24) is 9.80 Å². The molecule has 2 atom stereocenters. The molecule has 1 heterocycles. The van der Waals surface area contributed by atoms with Crippen LogP contribution in [-0.2, 0) is 0 Å². The van der Waals surface area contributed by atoms with Gasteiger partial charge < -0.3 is 9.47 Å². The van der Waals surface area contributed by atoms with Crippen LogP contribution >= 0.6 is 0 Å². The van der Waals surface area contributed by atoms with E-state index in [1.165, 1.54) is 0 Å². The third-order valence-corrected chi connectivity index (χ3v) is 4.42. The van der Waals surface area contributed by atoms with Crippen LogP contribution in [0.1, 0.15) is 25.5 Å². The fraction of sp³-hybridized carbons (Fsp3) is 0.588. The van der Waals surface area contributed by atoms with Gasteiger partial charge in [0.05, 0.1) is 20.3 Å². The maximum Gasteiger partial charge on any atom is 0.127 e. The molecule has 0 N–H and O–H groups in total. The summed E-state index contributed by atoms with van der Waals surface area (Å²) in [6, 6.07) is 8.20. The average Bonchev–Trinajstić information content (AvgIpc) is 2.55. The SMILES string of the molecule is CCN1CCN(C(C#N)c2cc(OC)ccc2OC)CC1C. The van der Waals surface area contributed by atoms with Crippen LogP contribution in [-0.4, -0.2) is 56.2 Å². The quantitative estimate of drug-likeness (QED) is 0.835. The summed E-state index contributed by atoms with van der Waals surface area (Å²) in [7, 11) is 3.27. The summed E-state index contributed by atoms with van der Waals surface area (Å²) in [5.74, 6) is 1.48. The maximum absolute atomic E-state index is 9.72. The highest BCUT2D eigenvalue weighted by molar-refractivity contribution is 5.44. The molecule has 120 valence electrons. The summed E-state index contributed by atoms with van der Waals surface area (Å²) in [6.45, 7) is 8.20. The molecule has 5 nitrogen and oxygen atoms in total. The summed E-state index contributed by atoms with van der Waals surface area (Å²) in [5.41, 5.74) is 0.876. The van der Waals surface area contributed by atoms with Crippen molar-refractivity contribution in [2.75, 3.05) is 40.4 Å². The minimum Gasteiger partial charge on any atom is -0.497 e. The third-order valence-electron chi connectivity index (χ3n) is 4.42. The van der Waals surface area contributed by atoms with E-state index in [2.05, 4.69) is 29.7 Å². The van der Waals surface area contributed by atoms with E-state index < -0.39 is 0 Å². The van der Waals surface area contributed by atoms with Gasteiger partial charge in [-0.25, -0.2) is 0 Å². The van der Waals surface area contributed by atoms with Crippen LogP contribution in [0.3, 0.4) is 0 Å². The lowest BCUT2D eigenvalue weighted by molar-refractivity contribution is 0.0723. The highest BCUT2D eigenvalue weighted by Gasteiger charge is 2.30. The van der Waals surface area contributed by atoms with Crippen molar-refractivity contribution in [2.24, 2.45) is 0 Å². The Kier molecular flexibility index (Phi) is 5.64. The largest absolute Gasteiger partial charge is 0.497 e. The molecule has 5 heteroatoms. The second kappa shape index (κ2) is 7.48. The molecule has 0 aliphatic carbocycles. The Morgan fingerprint density at radius 2 is 2.09 bits per heavy atom. The van der Waals surface area contributed by atoms with Crippen molar-refractivity contribution < 1.29 is 9.47 Å². The normalized spacial score (nSPS) is 21.1. The van der Waals surface area contributed by atoms with E-state index in [0.29, 0.717) is 6.04 Å². The topological polar surface area (TPSA) is 48.7 Å². The fourth-order valence-corrected chi connectivity index (χ4v) is 3.13. The number of piperazine rings is 1. The minimum atomic E-state index is -0.313. The number of hydrogen-bond donors (Lipinski definition) is 0. The van der Waals surface area contributed by atoms with Crippen molar-refractivity contribution in [1.29, 1.82) is 5.26 Å². The van der Waals surface area contributed by atoms with Gasteiger partial charge >= 0.3 is 0 Å². The molecular formula is C17H25N3O2. The Morgan fingerprint density at radius 3 is 2.64 bits per heavy atom. The molecule has 0 bridgehead atoms. The lowest BCUT2D eigenvalue weighted by atomic mass is 10.0. The van der Waals surface area contributed by atoms with E-state index in [4.69, 9.17) is 9.47 Å². The van der Waals surface area contributed by atoms with Crippen LogP contribution in [0, 0.1) is 11.3 Å². The molecule has 1 fully saturated rings. The molecule has 2 rings (SSSR count). The molecule has 1 aromatic carbocycles. The van der Waals surface area contributed by atoms with Crippen LogP contribution in [0.4, 0.5) is 0 Å². The number of hydrogen-bond acceptors (Lipinski definition) is 5. The molecule has 0 spiro atoms. The second-order valence-electron chi connectivity index (χ2n) is 5.61. The zero-order valence-electron chi connectivity index (χ0n) is 13.9. The average molecular weight is 303 g/mol. The van der Waals surface area contributed by atoms with E-state index in [-0.39, 0.29) is 6.04 Å². The van der Waals surface area contributed by atoms with Crippen LogP contribution < -0.4 is 9.47 Å². The summed E-state index contributed by atoms with van der Waals surface area (Å²) in [4.78, 5) is 4.67. The van der Waals surface area contributed by atoms with Gasteiger partial charge in [-0.3, -0.25) is 9.80 Å². The molecule has 1 aromatic rings. The first-order valence-electron chi connectivity index (χ1n) is 7.74. The Morgan fingerprint density at radius 1 is 1.32 bits per heavy atom. The summed E-state index contributed by atoms with van der Waals surface area (Å²) in [5, 5.41) is 9.72. The zero-order valence-corrected chi connectivity index (χ0v) is 13.9. The number of rotatable bonds is 5. The van der Waals surface area contributed by atoms with Crippen molar-refractivity contribution >= 4 is 0 Å². The zero-order chi connectivity index (χ0) is 16.1. The number of ether oxygens (including phenoxy) is 2. The van der Waals surface area contributed by atoms with Gasteiger partial charge in [0, 0.05) is 31.2 Å². The van der Waals surface area contributed by atoms with Crippen LogP contribution in [0.2, 0.25) is 0 Å². The first-order valence-corrected chi connectivity index (χ1v) is 7.74. The molecule has 0 amide bonds. The lowest BCUT2D eigenvalue weighted by Gasteiger charge is -2.41. The monoisotopic (exact) mass is 303 g/mol. The second-order valence-corrected chi connectivity index (χ2v) is 5.61. The van der Waals surface area contributed by atoms with Crippen LogP contribution in [0.15, 0.2) is 18.2 Å². The van der Waals surface area contributed by atoms with Crippen molar-refractivity contribution in [2.45, 2.75) is 25.9 Å². The third kappa shape index (κ3) is 3.34. The molecule has 1 saturated heterocycles.